The van der Waals surface area contributed by atoms with Crippen molar-refractivity contribution in [2.24, 2.45) is 0 Å². The van der Waals surface area contributed by atoms with E-state index in [9.17, 15) is 9.59 Å². The van der Waals surface area contributed by atoms with Crippen LogP contribution in [0.15, 0.2) is 24.3 Å². The third-order valence-electron chi connectivity index (χ3n) is 2.50. The van der Waals surface area contributed by atoms with Gasteiger partial charge in [0.1, 0.15) is 10.8 Å². The van der Waals surface area contributed by atoms with Crippen LogP contribution in [0.25, 0.3) is 0 Å². The minimum Gasteiger partial charge on any atom is -0.484 e. The molecule has 2 rings (SSSR count). The molecule has 0 spiro atoms. The van der Waals surface area contributed by atoms with Gasteiger partial charge in [-0.25, -0.2) is 0 Å². The first-order valence-corrected chi connectivity index (χ1v) is 7.92. The number of benzene rings is 1. The first kappa shape index (κ1) is 17.2. The van der Waals surface area contributed by atoms with Crippen LogP contribution in [0.3, 0.4) is 0 Å². The van der Waals surface area contributed by atoms with Gasteiger partial charge < -0.3 is 9.47 Å². The summed E-state index contributed by atoms with van der Waals surface area (Å²) in [6.07, 6.45) is 0.0304. The predicted molar refractivity (Wildman–Crippen MR) is 85.8 cm³/mol. The molecule has 1 aromatic heterocycles. The summed E-state index contributed by atoms with van der Waals surface area (Å²) >= 11 is 6.87. The summed E-state index contributed by atoms with van der Waals surface area (Å²) in [7, 11) is 0. The third kappa shape index (κ3) is 5.84. The van der Waals surface area contributed by atoms with E-state index in [-0.39, 0.29) is 24.9 Å². The van der Waals surface area contributed by atoms with Crippen LogP contribution in [0.1, 0.15) is 11.9 Å². The van der Waals surface area contributed by atoms with Crippen LogP contribution < -0.4 is 10.1 Å². The Morgan fingerprint density at radius 2 is 2.00 bits per heavy atom. The highest BCUT2D eigenvalue weighted by Gasteiger charge is 2.12. The molecule has 0 saturated carbocycles. The minimum absolute atomic E-state index is 0.0304. The van der Waals surface area contributed by atoms with E-state index in [2.05, 4.69) is 15.5 Å². The molecule has 1 N–H and O–H groups in total. The van der Waals surface area contributed by atoms with E-state index in [0.717, 1.165) is 11.3 Å². The highest BCUT2D eigenvalue weighted by atomic mass is 35.5. The number of amides is 1. The van der Waals surface area contributed by atoms with Crippen molar-refractivity contribution in [3.8, 4) is 5.75 Å². The third-order valence-corrected chi connectivity index (χ3v) is 3.59. The molecule has 122 valence electrons. The lowest BCUT2D eigenvalue weighted by molar-refractivity contribution is -0.142. The average Bonchev–Trinajstić information content (AvgIpc) is 2.94. The Labute approximate surface area is 141 Å². The van der Waals surface area contributed by atoms with Gasteiger partial charge in [-0.1, -0.05) is 22.9 Å². The number of carbonyl (C=O) groups is 2. The molecule has 0 aliphatic carbocycles. The number of rotatable bonds is 7. The van der Waals surface area contributed by atoms with E-state index < -0.39 is 0 Å². The largest absolute Gasteiger partial charge is 0.484 e. The number of esters is 1. The molecule has 0 radical (unpaired) electrons. The zero-order valence-corrected chi connectivity index (χ0v) is 13.8. The molecule has 23 heavy (non-hydrogen) atoms. The molecule has 0 atom stereocenters. The fraction of sp³-hybridized carbons (Fsp3) is 0.286. The molecule has 0 aliphatic rings. The molecule has 2 aromatic rings. The molecule has 7 nitrogen and oxygen atoms in total. The van der Waals surface area contributed by atoms with Crippen LogP contribution >= 0.6 is 22.9 Å². The Bertz CT molecular complexity index is 675. The number of nitrogens with zero attached hydrogens (tertiary/aromatic N) is 2. The van der Waals surface area contributed by atoms with Gasteiger partial charge >= 0.3 is 5.97 Å². The van der Waals surface area contributed by atoms with Crippen molar-refractivity contribution in [3.63, 3.8) is 0 Å². The summed E-state index contributed by atoms with van der Waals surface area (Å²) in [6, 6.07) is 6.67. The van der Waals surface area contributed by atoms with Crippen LogP contribution in [-0.4, -0.2) is 35.3 Å². The molecule has 0 aliphatic heterocycles. The van der Waals surface area contributed by atoms with E-state index >= 15 is 0 Å². The van der Waals surface area contributed by atoms with Gasteiger partial charge in [0, 0.05) is 5.02 Å². The summed E-state index contributed by atoms with van der Waals surface area (Å²) in [5.41, 5.74) is 0. The normalized spacial score (nSPS) is 10.2. The van der Waals surface area contributed by atoms with Crippen molar-refractivity contribution < 1.29 is 19.1 Å². The van der Waals surface area contributed by atoms with E-state index in [1.165, 1.54) is 0 Å². The maximum absolute atomic E-state index is 11.8. The molecular formula is C14H14ClN3O4S. The lowest BCUT2D eigenvalue weighted by Crippen LogP contribution is -2.20. The van der Waals surface area contributed by atoms with E-state index in [4.69, 9.17) is 21.1 Å². The van der Waals surface area contributed by atoms with E-state index in [0.29, 0.717) is 27.5 Å². The molecule has 1 heterocycles. The fourth-order valence-corrected chi connectivity index (χ4v) is 2.41. The average molecular weight is 356 g/mol. The van der Waals surface area contributed by atoms with Gasteiger partial charge in [0.15, 0.2) is 6.61 Å². The molecule has 1 amide bonds. The first-order valence-electron chi connectivity index (χ1n) is 6.73. The van der Waals surface area contributed by atoms with Crippen molar-refractivity contribution in [1.29, 1.82) is 0 Å². The van der Waals surface area contributed by atoms with Crippen LogP contribution in [-0.2, 0) is 20.7 Å². The van der Waals surface area contributed by atoms with Crippen molar-refractivity contribution in [3.05, 3.63) is 34.3 Å². The van der Waals surface area contributed by atoms with Crippen LogP contribution in [0.2, 0.25) is 5.02 Å². The van der Waals surface area contributed by atoms with Gasteiger partial charge in [0.05, 0.1) is 13.0 Å². The Morgan fingerprint density at radius 3 is 2.70 bits per heavy atom. The zero-order valence-electron chi connectivity index (χ0n) is 12.2. The minimum atomic E-state index is -0.382. The van der Waals surface area contributed by atoms with Crippen LogP contribution in [0, 0.1) is 0 Å². The van der Waals surface area contributed by atoms with Crippen LogP contribution in [0.5, 0.6) is 5.75 Å². The number of ether oxygens (including phenoxy) is 2. The highest BCUT2D eigenvalue weighted by molar-refractivity contribution is 7.15. The maximum atomic E-state index is 11.8. The standard InChI is InChI=1S/C14H14ClN3O4S/c1-2-21-13(20)7-12-17-18-14(23-12)16-11(19)8-22-10-5-3-9(15)4-6-10/h3-6H,2,7-8H2,1H3,(H,16,18,19). The molecule has 0 bridgehead atoms. The van der Waals surface area contributed by atoms with E-state index in [1.807, 2.05) is 0 Å². The van der Waals surface area contributed by atoms with Crippen molar-refractivity contribution in [2.75, 3.05) is 18.5 Å². The number of aromatic nitrogens is 2. The van der Waals surface area contributed by atoms with Gasteiger partial charge in [-0.05, 0) is 31.2 Å². The quantitative estimate of drug-likeness (QED) is 0.766. The van der Waals surface area contributed by atoms with Crippen molar-refractivity contribution >= 4 is 39.9 Å². The second kappa shape index (κ2) is 8.44. The molecule has 0 fully saturated rings. The number of hydrogen-bond acceptors (Lipinski definition) is 7. The topological polar surface area (TPSA) is 90.4 Å². The Kier molecular flexibility index (Phi) is 6.30. The molecule has 1 aromatic carbocycles. The summed E-state index contributed by atoms with van der Waals surface area (Å²) in [4.78, 5) is 23.1. The lowest BCUT2D eigenvalue weighted by Gasteiger charge is -2.05. The molecule has 9 heteroatoms. The summed E-state index contributed by atoms with van der Waals surface area (Å²) in [6.45, 7) is 1.86. The monoisotopic (exact) mass is 355 g/mol. The number of hydrogen-bond donors (Lipinski definition) is 1. The molecular weight excluding hydrogens is 342 g/mol. The number of nitrogens with one attached hydrogen (secondary N) is 1. The van der Waals surface area contributed by atoms with Gasteiger partial charge in [-0.2, -0.15) is 0 Å². The summed E-state index contributed by atoms with van der Waals surface area (Å²) in [5.74, 6) is -0.226. The second-order valence-corrected chi connectivity index (χ2v) is 5.77. The fourth-order valence-electron chi connectivity index (χ4n) is 1.55. The molecule has 0 saturated heterocycles. The predicted octanol–water partition coefficient (Wildman–Crippen LogP) is 2.31. The maximum Gasteiger partial charge on any atom is 0.312 e. The SMILES string of the molecule is CCOC(=O)Cc1nnc(NC(=O)COc2ccc(Cl)cc2)s1. The lowest BCUT2D eigenvalue weighted by atomic mass is 10.3. The van der Waals surface area contributed by atoms with Gasteiger partial charge in [0.25, 0.3) is 5.91 Å². The summed E-state index contributed by atoms with van der Waals surface area (Å²) < 4.78 is 10.1. The number of carbonyl (C=O) groups excluding carboxylic acids is 2. The van der Waals surface area contributed by atoms with Crippen LogP contribution in [0.4, 0.5) is 5.13 Å². The Hall–Kier alpha value is -2.19. The van der Waals surface area contributed by atoms with Gasteiger partial charge in [0.2, 0.25) is 5.13 Å². The highest BCUT2D eigenvalue weighted by Crippen LogP contribution is 2.17. The number of anilines is 1. The molecule has 0 unspecified atom stereocenters. The first-order chi connectivity index (χ1) is 11.1. The van der Waals surface area contributed by atoms with Crippen molar-refractivity contribution in [2.45, 2.75) is 13.3 Å². The van der Waals surface area contributed by atoms with Gasteiger partial charge in [-0.3, -0.25) is 14.9 Å². The second-order valence-electron chi connectivity index (χ2n) is 4.27. The number of halogens is 1. The van der Waals surface area contributed by atoms with Gasteiger partial charge in [-0.15, -0.1) is 10.2 Å². The Morgan fingerprint density at radius 1 is 1.26 bits per heavy atom. The van der Waals surface area contributed by atoms with Crippen molar-refractivity contribution in [1.82, 2.24) is 10.2 Å². The van der Waals surface area contributed by atoms with E-state index in [1.54, 1.807) is 31.2 Å². The summed E-state index contributed by atoms with van der Waals surface area (Å²) in [5, 5.41) is 11.5. The zero-order chi connectivity index (χ0) is 16.7. The smallest absolute Gasteiger partial charge is 0.312 e. The Balaban J connectivity index is 1.80.